The molecule has 3 saturated heterocycles. The molecule has 29 heavy (non-hydrogen) atoms. The van der Waals surface area contributed by atoms with Gasteiger partial charge in [0, 0.05) is 44.7 Å². The molecule has 2 bridgehead atoms. The topological polar surface area (TPSA) is 59.0 Å². The number of rotatable bonds is 5. The lowest BCUT2D eigenvalue weighted by Gasteiger charge is -2.23. The van der Waals surface area contributed by atoms with E-state index in [1.807, 2.05) is 37.4 Å². The minimum Gasteiger partial charge on any atom is -0.487 e. The van der Waals surface area contributed by atoms with Crippen molar-refractivity contribution < 1.29 is 9.47 Å². The molecule has 1 aromatic carbocycles. The molecule has 4 heterocycles. The second-order valence-corrected chi connectivity index (χ2v) is 8.18. The maximum atomic E-state index is 6.09. The molecule has 4 atom stereocenters. The standard InChI is InChI=1S/C23H28N4O2/c1-24-23(27-13-19-20(14-27)22-10-9-21(19)29-22)26-12-16-5-7-18(8-6-16)28-15-17-4-2-3-11-25-17/h2-8,11,19-22H,9-10,12-15H2,1H3,(H,24,26). The number of guanidine groups is 1. The van der Waals surface area contributed by atoms with Gasteiger partial charge in [-0.15, -0.1) is 0 Å². The lowest BCUT2D eigenvalue weighted by atomic mass is 9.82. The van der Waals surface area contributed by atoms with Crippen molar-refractivity contribution in [2.24, 2.45) is 16.8 Å². The predicted molar refractivity (Wildman–Crippen MR) is 112 cm³/mol. The number of hydrogen-bond donors (Lipinski definition) is 1. The summed E-state index contributed by atoms with van der Waals surface area (Å²) in [6.07, 6.45) is 5.21. The molecular weight excluding hydrogens is 364 g/mol. The van der Waals surface area contributed by atoms with Crippen LogP contribution in [0.15, 0.2) is 53.7 Å². The van der Waals surface area contributed by atoms with E-state index in [9.17, 15) is 0 Å². The SMILES string of the molecule is CN=C(NCc1ccc(OCc2ccccn2)cc1)N1CC2C3CCC(O3)C2C1. The van der Waals surface area contributed by atoms with Gasteiger partial charge in [0.25, 0.3) is 0 Å². The smallest absolute Gasteiger partial charge is 0.193 e. The van der Waals surface area contributed by atoms with Gasteiger partial charge < -0.3 is 19.7 Å². The van der Waals surface area contributed by atoms with Gasteiger partial charge in [-0.05, 0) is 42.7 Å². The lowest BCUT2D eigenvalue weighted by molar-refractivity contribution is 0.0767. The largest absolute Gasteiger partial charge is 0.487 e. The van der Waals surface area contributed by atoms with Gasteiger partial charge in [0.15, 0.2) is 5.96 Å². The van der Waals surface area contributed by atoms with Crippen LogP contribution < -0.4 is 10.1 Å². The van der Waals surface area contributed by atoms with E-state index in [2.05, 4.69) is 32.3 Å². The number of benzene rings is 1. The minimum absolute atomic E-state index is 0.478. The number of likely N-dealkylation sites (tertiary alicyclic amines) is 1. The molecule has 0 saturated carbocycles. The molecular formula is C23H28N4O2. The third kappa shape index (κ3) is 3.81. The number of hydrogen-bond acceptors (Lipinski definition) is 4. The second-order valence-electron chi connectivity index (χ2n) is 8.18. The average molecular weight is 393 g/mol. The van der Waals surface area contributed by atoms with Crippen LogP contribution in [0, 0.1) is 11.8 Å². The van der Waals surface area contributed by atoms with Crippen molar-refractivity contribution in [3.63, 3.8) is 0 Å². The molecule has 2 aromatic rings. The highest BCUT2D eigenvalue weighted by molar-refractivity contribution is 5.80. The molecule has 6 nitrogen and oxygen atoms in total. The molecule has 3 aliphatic rings. The molecule has 152 valence electrons. The van der Waals surface area contributed by atoms with E-state index in [4.69, 9.17) is 9.47 Å². The van der Waals surface area contributed by atoms with Gasteiger partial charge in [0.05, 0.1) is 17.9 Å². The van der Waals surface area contributed by atoms with E-state index in [1.165, 1.54) is 18.4 Å². The van der Waals surface area contributed by atoms with Crippen LogP contribution in [0.3, 0.4) is 0 Å². The van der Waals surface area contributed by atoms with Crippen molar-refractivity contribution in [2.75, 3.05) is 20.1 Å². The van der Waals surface area contributed by atoms with Crippen LogP contribution in [0.5, 0.6) is 5.75 Å². The summed E-state index contributed by atoms with van der Waals surface area (Å²) < 4.78 is 11.9. The van der Waals surface area contributed by atoms with Gasteiger partial charge in [-0.25, -0.2) is 0 Å². The summed E-state index contributed by atoms with van der Waals surface area (Å²) in [7, 11) is 1.87. The third-order valence-corrected chi connectivity index (χ3v) is 6.45. The number of aliphatic imine (C=N–C) groups is 1. The first-order chi connectivity index (χ1) is 14.3. The first-order valence-electron chi connectivity index (χ1n) is 10.5. The molecule has 0 aliphatic carbocycles. The number of nitrogens with zero attached hydrogens (tertiary/aromatic N) is 3. The Balaban J connectivity index is 1.13. The molecule has 5 rings (SSSR count). The highest BCUT2D eigenvalue weighted by atomic mass is 16.5. The van der Waals surface area contributed by atoms with E-state index >= 15 is 0 Å². The highest BCUT2D eigenvalue weighted by Gasteiger charge is 2.53. The number of pyridine rings is 1. The van der Waals surface area contributed by atoms with Gasteiger partial charge in [-0.1, -0.05) is 18.2 Å². The fourth-order valence-electron chi connectivity index (χ4n) is 4.99. The van der Waals surface area contributed by atoms with E-state index in [-0.39, 0.29) is 0 Å². The average Bonchev–Trinajstić information content (AvgIpc) is 3.48. The molecule has 0 amide bonds. The van der Waals surface area contributed by atoms with Crippen LogP contribution in [0.25, 0.3) is 0 Å². The second kappa shape index (κ2) is 8.03. The summed E-state index contributed by atoms with van der Waals surface area (Å²) in [6, 6.07) is 14.1. The maximum Gasteiger partial charge on any atom is 0.193 e. The van der Waals surface area contributed by atoms with Crippen LogP contribution in [0.1, 0.15) is 24.1 Å². The monoisotopic (exact) mass is 392 g/mol. The van der Waals surface area contributed by atoms with E-state index < -0.39 is 0 Å². The van der Waals surface area contributed by atoms with Crippen molar-refractivity contribution in [2.45, 2.75) is 38.2 Å². The van der Waals surface area contributed by atoms with Crippen LogP contribution >= 0.6 is 0 Å². The Morgan fingerprint density at radius 2 is 1.90 bits per heavy atom. The van der Waals surface area contributed by atoms with Crippen molar-refractivity contribution >= 4 is 5.96 Å². The predicted octanol–water partition coefficient (Wildman–Crippen LogP) is 2.85. The summed E-state index contributed by atoms with van der Waals surface area (Å²) in [5, 5.41) is 3.53. The fraction of sp³-hybridized carbons (Fsp3) is 0.478. The molecule has 1 aromatic heterocycles. The fourth-order valence-corrected chi connectivity index (χ4v) is 4.99. The zero-order valence-corrected chi connectivity index (χ0v) is 16.8. The summed E-state index contributed by atoms with van der Waals surface area (Å²) >= 11 is 0. The van der Waals surface area contributed by atoms with Gasteiger partial charge in [0.1, 0.15) is 12.4 Å². The Labute approximate surface area is 172 Å². The summed E-state index contributed by atoms with van der Waals surface area (Å²) in [5.41, 5.74) is 2.13. The molecule has 3 fully saturated rings. The molecule has 0 radical (unpaired) electrons. The van der Waals surface area contributed by atoms with Crippen molar-refractivity contribution in [3.05, 3.63) is 59.9 Å². The molecule has 0 spiro atoms. The van der Waals surface area contributed by atoms with Crippen LogP contribution in [-0.2, 0) is 17.9 Å². The Morgan fingerprint density at radius 1 is 1.14 bits per heavy atom. The highest BCUT2D eigenvalue weighted by Crippen LogP contribution is 2.47. The summed E-state index contributed by atoms with van der Waals surface area (Å²) in [5.74, 6) is 3.21. The number of ether oxygens (including phenoxy) is 2. The van der Waals surface area contributed by atoms with Crippen molar-refractivity contribution in [1.82, 2.24) is 15.2 Å². The van der Waals surface area contributed by atoms with E-state index in [0.29, 0.717) is 30.7 Å². The molecule has 6 heteroatoms. The Bertz CT molecular complexity index is 837. The number of nitrogens with one attached hydrogen (secondary N) is 1. The first kappa shape index (κ1) is 18.4. The van der Waals surface area contributed by atoms with Gasteiger partial charge in [-0.3, -0.25) is 9.98 Å². The molecule has 4 unspecified atom stereocenters. The Hall–Kier alpha value is -2.60. The van der Waals surface area contributed by atoms with Crippen molar-refractivity contribution in [3.8, 4) is 5.75 Å². The van der Waals surface area contributed by atoms with E-state index in [0.717, 1.165) is 37.0 Å². The normalized spacial score (nSPS) is 27.9. The molecule has 1 N–H and O–H groups in total. The number of fused-ring (bicyclic) bond motifs is 5. The van der Waals surface area contributed by atoms with Crippen LogP contribution in [-0.4, -0.2) is 48.2 Å². The first-order valence-corrected chi connectivity index (χ1v) is 10.5. The zero-order chi connectivity index (χ0) is 19.6. The van der Waals surface area contributed by atoms with Gasteiger partial charge in [0.2, 0.25) is 0 Å². The Kier molecular flexibility index (Phi) is 5.10. The summed E-state index contributed by atoms with van der Waals surface area (Å²) in [4.78, 5) is 11.2. The summed E-state index contributed by atoms with van der Waals surface area (Å²) in [6.45, 7) is 3.36. The maximum absolute atomic E-state index is 6.09. The third-order valence-electron chi connectivity index (χ3n) is 6.45. The number of aromatic nitrogens is 1. The van der Waals surface area contributed by atoms with Crippen LogP contribution in [0.4, 0.5) is 0 Å². The molecule has 3 aliphatic heterocycles. The Morgan fingerprint density at radius 3 is 2.55 bits per heavy atom. The lowest BCUT2D eigenvalue weighted by Crippen LogP contribution is -2.40. The minimum atomic E-state index is 0.478. The zero-order valence-electron chi connectivity index (χ0n) is 16.8. The van der Waals surface area contributed by atoms with Crippen molar-refractivity contribution in [1.29, 1.82) is 0 Å². The van der Waals surface area contributed by atoms with Crippen LogP contribution in [0.2, 0.25) is 0 Å². The quantitative estimate of drug-likeness (QED) is 0.626. The van der Waals surface area contributed by atoms with Gasteiger partial charge in [-0.2, -0.15) is 0 Å². The van der Waals surface area contributed by atoms with Gasteiger partial charge >= 0.3 is 0 Å². The van der Waals surface area contributed by atoms with E-state index in [1.54, 1.807) is 6.20 Å².